The molecule has 0 bridgehead atoms. The molecule has 0 aliphatic rings. The molecule has 94 valence electrons. The second-order valence-electron chi connectivity index (χ2n) is 3.65. The Balaban J connectivity index is 2.30. The maximum atomic E-state index is 10.4. The third-order valence-electron chi connectivity index (χ3n) is 2.35. The standard InChI is InChI=1S/C12H11ClN2O3/c1-15-10(8-4-2-3-5-9(8)13)6-11(14-15)18-7-12(16)17/h2-6H,7H2,1H3,(H,16,17). The van der Waals surface area contributed by atoms with Crippen LogP contribution in [-0.4, -0.2) is 27.5 Å². The van der Waals surface area contributed by atoms with E-state index in [0.717, 1.165) is 11.3 Å². The van der Waals surface area contributed by atoms with Crippen LogP contribution >= 0.6 is 11.6 Å². The first-order valence-corrected chi connectivity index (χ1v) is 5.59. The van der Waals surface area contributed by atoms with Crippen LogP contribution in [0.15, 0.2) is 30.3 Å². The average molecular weight is 267 g/mol. The van der Waals surface area contributed by atoms with Crippen molar-refractivity contribution in [1.29, 1.82) is 0 Å². The number of ether oxygens (including phenoxy) is 1. The number of nitrogens with zero attached hydrogens (tertiary/aromatic N) is 2. The average Bonchev–Trinajstić information content (AvgIpc) is 2.69. The summed E-state index contributed by atoms with van der Waals surface area (Å²) in [5.41, 5.74) is 1.58. The molecule has 2 aromatic rings. The first-order chi connectivity index (χ1) is 8.58. The summed E-state index contributed by atoms with van der Waals surface area (Å²) in [6.45, 7) is -0.418. The minimum Gasteiger partial charge on any atom is -0.479 e. The molecule has 1 N–H and O–H groups in total. The molecule has 0 spiro atoms. The fraction of sp³-hybridized carbons (Fsp3) is 0.167. The van der Waals surface area contributed by atoms with E-state index in [0.29, 0.717) is 5.02 Å². The van der Waals surface area contributed by atoms with Crippen molar-refractivity contribution in [3.8, 4) is 17.1 Å². The molecule has 5 nitrogen and oxygen atoms in total. The van der Waals surface area contributed by atoms with Crippen LogP contribution < -0.4 is 4.74 Å². The normalized spacial score (nSPS) is 10.3. The number of carbonyl (C=O) groups is 1. The van der Waals surface area contributed by atoms with Crippen molar-refractivity contribution in [3.05, 3.63) is 35.4 Å². The van der Waals surface area contributed by atoms with E-state index < -0.39 is 12.6 Å². The van der Waals surface area contributed by atoms with Crippen molar-refractivity contribution in [1.82, 2.24) is 9.78 Å². The van der Waals surface area contributed by atoms with Gasteiger partial charge in [-0.15, -0.1) is 5.10 Å². The van der Waals surface area contributed by atoms with Crippen molar-refractivity contribution in [2.75, 3.05) is 6.61 Å². The molecular weight excluding hydrogens is 256 g/mol. The van der Waals surface area contributed by atoms with E-state index >= 15 is 0 Å². The van der Waals surface area contributed by atoms with E-state index in [4.69, 9.17) is 21.4 Å². The molecule has 0 unspecified atom stereocenters. The molecule has 0 aliphatic carbocycles. The molecule has 6 heteroatoms. The molecule has 0 radical (unpaired) electrons. The highest BCUT2D eigenvalue weighted by Crippen LogP contribution is 2.29. The Morgan fingerprint density at radius 1 is 1.50 bits per heavy atom. The molecule has 1 heterocycles. The fourth-order valence-electron chi connectivity index (χ4n) is 1.57. The van der Waals surface area contributed by atoms with Crippen LogP contribution in [0, 0.1) is 0 Å². The lowest BCUT2D eigenvalue weighted by Gasteiger charge is -2.02. The van der Waals surface area contributed by atoms with Gasteiger partial charge in [-0.2, -0.15) is 0 Å². The van der Waals surface area contributed by atoms with Crippen LogP contribution in [0.5, 0.6) is 5.88 Å². The zero-order valence-corrected chi connectivity index (χ0v) is 10.4. The van der Waals surface area contributed by atoms with Gasteiger partial charge >= 0.3 is 5.97 Å². The first-order valence-electron chi connectivity index (χ1n) is 5.21. The van der Waals surface area contributed by atoms with Crippen molar-refractivity contribution in [3.63, 3.8) is 0 Å². The van der Waals surface area contributed by atoms with Gasteiger partial charge < -0.3 is 9.84 Å². The molecule has 18 heavy (non-hydrogen) atoms. The van der Waals surface area contributed by atoms with Crippen molar-refractivity contribution in [2.45, 2.75) is 0 Å². The number of carboxylic acids is 1. The van der Waals surface area contributed by atoms with Crippen LogP contribution in [0.2, 0.25) is 5.02 Å². The smallest absolute Gasteiger partial charge is 0.341 e. The molecule has 0 fully saturated rings. The summed E-state index contributed by atoms with van der Waals surface area (Å²) in [5, 5.41) is 13.2. The van der Waals surface area contributed by atoms with Crippen LogP contribution in [0.3, 0.4) is 0 Å². The second kappa shape index (κ2) is 5.10. The monoisotopic (exact) mass is 266 g/mol. The van der Waals surface area contributed by atoms with Gasteiger partial charge in [-0.25, -0.2) is 4.79 Å². The SMILES string of the molecule is Cn1nc(OCC(=O)O)cc1-c1ccccc1Cl. The van der Waals surface area contributed by atoms with Crippen molar-refractivity contribution < 1.29 is 14.6 Å². The lowest BCUT2D eigenvalue weighted by Crippen LogP contribution is -2.09. The Morgan fingerprint density at radius 2 is 2.22 bits per heavy atom. The third kappa shape index (κ3) is 2.62. The number of hydrogen-bond acceptors (Lipinski definition) is 3. The van der Waals surface area contributed by atoms with E-state index in [1.165, 1.54) is 0 Å². The lowest BCUT2D eigenvalue weighted by atomic mass is 10.1. The summed E-state index contributed by atoms with van der Waals surface area (Å²) in [7, 11) is 1.74. The Kier molecular flexibility index (Phi) is 3.53. The molecule has 2 rings (SSSR count). The number of benzene rings is 1. The minimum atomic E-state index is -1.04. The minimum absolute atomic E-state index is 0.259. The highest BCUT2D eigenvalue weighted by molar-refractivity contribution is 6.33. The summed E-state index contributed by atoms with van der Waals surface area (Å²) < 4.78 is 6.61. The van der Waals surface area contributed by atoms with Crippen LogP contribution in [-0.2, 0) is 11.8 Å². The van der Waals surface area contributed by atoms with Gasteiger partial charge in [0.05, 0.1) is 5.69 Å². The molecule has 0 atom stereocenters. The van der Waals surface area contributed by atoms with Gasteiger partial charge in [0.25, 0.3) is 0 Å². The largest absolute Gasteiger partial charge is 0.479 e. The van der Waals surface area contributed by atoms with Gasteiger partial charge in [-0.1, -0.05) is 29.8 Å². The predicted molar refractivity (Wildman–Crippen MR) is 66.8 cm³/mol. The molecule has 0 aliphatic heterocycles. The fourth-order valence-corrected chi connectivity index (χ4v) is 1.80. The quantitative estimate of drug-likeness (QED) is 0.921. The zero-order chi connectivity index (χ0) is 13.1. The summed E-state index contributed by atoms with van der Waals surface area (Å²) in [6, 6.07) is 9.00. The Hall–Kier alpha value is -2.01. The Labute approximate surface area is 109 Å². The molecule has 1 aromatic heterocycles. The number of carboxylic acid groups (broad SMARTS) is 1. The van der Waals surface area contributed by atoms with E-state index in [9.17, 15) is 4.79 Å². The van der Waals surface area contributed by atoms with Crippen molar-refractivity contribution in [2.24, 2.45) is 7.05 Å². The molecule has 0 saturated heterocycles. The number of aliphatic carboxylic acids is 1. The second-order valence-corrected chi connectivity index (χ2v) is 4.06. The topological polar surface area (TPSA) is 64.4 Å². The number of aryl methyl sites for hydroxylation is 1. The van der Waals surface area contributed by atoms with Crippen LogP contribution in [0.1, 0.15) is 0 Å². The van der Waals surface area contributed by atoms with E-state index in [2.05, 4.69) is 5.10 Å². The molecule has 1 aromatic carbocycles. The van der Waals surface area contributed by atoms with E-state index in [1.807, 2.05) is 18.2 Å². The van der Waals surface area contributed by atoms with Gasteiger partial charge in [0, 0.05) is 23.7 Å². The summed E-state index contributed by atoms with van der Waals surface area (Å²) in [5.74, 6) is -0.783. The number of aromatic nitrogens is 2. The van der Waals surface area contributed by atoms with E-state index in [1.54, 1.807) is 23.9 Å². The third-order valence-corrected chi connectivity index (χ3v) is 2.68. The van der Waals surface area contributed by atoms with Crippen LogP contribution in [0.4, 0.5) is 0 Å². The first kappa shape index (κ1) is 12.4. The maximum Gasteiger partial charge on any atom is 0.341 e. The summed E-state index contributed by atoms with van der Waals surface area (Å²) >= 11 is 6.09. The zero-order valence-electron chi connectivity index (χ0n) is 9.63. The van der Waals surface area contributed by atoms with Gasteiger partial charge in [0.15, 0.2) is 6.61 Å². The van der Waals surface area contributed by atoms with E-state index in [-0.39, 0.29) is 5.88 Å². The predicted octanol–water partition coefficient (Wildman–Crippen LogP) is 2.20. The number of rotatable bonds is 4. The molecule has 0 amide bonds. The van der Waals surface area contributed by atoms with Crippen LogP contribution in [0.25, 0.3) is 11.3 Å². The van der Waals surface area contributed by atoms with Crippen molar-refractivity contribution >= 4 is 17.6 Å². The Morgan fingerprint density at radius 3 is 2.89 bits per heavy atom. The highest BCUT2D eigenvalue weighted by Gasteiger charge is 2.11. The molecular formula is C12H11ClN2O3. The Bertz CT molecular complexity index is 580. The molecule has 0 saturated carbocycles. The van der Waals surface area contributed by atoms with Gasteiger partial charge in [-0.3, -0.25) is 4.68 Å². The van der Waals surface area contributed by atoms with Gasteiger partial charge in [0.1, 0.15) is 0 Å². The highest BCUT2D eigenvalue weighted by atomic mass is 35.5. The number of hydrogen-bond donors (Lipinski definition) is 1. The van der Waals surface area contributed by atoms with Gasteiger partial charge in [0.2, 0.25) is 5.88 Å². The van der Waals surface area contributed by atoms with Gasteiger partial charge in [-0.05, 0) is 6.07 Å². The summed E-state index contributed by atoms with van der Waals surface area (Å²) in [4.78, 5) is 10.4. The number of halogens is 1. The summed E-state index contributed by atoms with van der Waals surface area (Å²) in [6.07, 6.45) is 0. The lowest BCUT2D eigenvalue weighted by molar-refractivity contribution is -0.139. The maximum absolute atomic E-state index is 10.4.